The van der Waals surface area contributed by atoms with Gasteiger partial charge in [0.15, 0.2) is 0 Å². The number of hydrogen-bond donors (Lipinski definition) is 1. The minimum absolute atomic E-state index is 0.677. The van der Waals surface area contributed by atoms with E-state index in [4.69, 9.17) is 0 Å². The molecule has 3 atom stereocenters. The molecule has 1 fully saturated rings. The van der Waals surface area contributed by atoms with Gasteiger partial charge in [-0.15, -0.1) is 0 Å². The minimum Gasteiger partial charge on any atom is -0.312 e. The molecule has 1 N–H and O–H groups in total. The normalized spacial score (nSPS) is 30.8. The third-order valence-corrected chi connectivity index (χ3v) is 3.87. The van der Waals surface area contributed by atoms with Crippen molar-refractivity contribution in [1.29, 1.82) is 0 Å². The Bertz CT molecular complexity index is 170. The second-order valence-corrected chi connectivity index (χ2v) is 5.57. The van der Waals surface area contributed by atoms with Crippen molar-refractivity contribution in [3.63, 3.8) is 0 Å². The smallest absolute Gasteiger partial charge is 0.00669 e. The lowest BCUT2D eigenvalue weighted by atomic mass is 10.0. The lowest BCUT2D eigenvalue weighted by Gasteiger charge is -2.34. The number of nitrogens with zero attached hydrogens (tertiary/aromatic N) is 1. The molecule has 0 amide bonds. The average molecular weight is 226 g/mol. The first kappa shape index (κ1) is 14.0. The van der Waals surface area contributed by atoms with Gasteiger partial charge >= 0.3 is 0 Å². The molecule has 96 valence electrons. The number of unbranched alkanes of at least 4 members (excludes halogenated alkanes) is 1. The highest BCUT2D eigenvalue weighted by Gasteiger charge is 2.19. The second-order valence-electron chi connectivity index (χ2n) is 5.57. The average Bonchev–Trinajstić information content (AvgIpc) is 2.23. The van der Waals surface area contributed by atoms with Crippen molar-refractivity contribution in [3.8, 4) is 0 Å². The summed E-state index contributed by atoms with van der Waals surface area (Å²) in [5.41, 5.74) is 0. The standard InChI is InChI=1S/C14H30N2/c1-5-6-7-14(4)16-10-8-12(2)15-13(3)9-11-16/h12-15H,5-11H2,1-4H3. The van der Waals surface area contributed by atoms with Crippen molar-refractivity contribution in [1.82, 2.24) is 10.2 Å². The van der Waals surface area contributed by atoms with Crippen LogP contribution in [0.1, 0.15) is 59.8 Å². The predicted octanol–water partition coefficient (Wildman–Crippen LogP) is 3.03. The van der Waals surface area contributed by atoms with E-state index >= 15 is 0 Å². The van der Waals surface area contributed by atoms with Gasteiger partial charge < -0.3 is 10.2 Å². The lowest BCUT2D eigenvalue weighted by molar-refractivity contribution is 0.163. The van der Waals surface area contributed by atoms with Crippen LogP contribution in [0.15, 0.2) is 0 Å². The fraction of sp³-hybridized carbons (Fsp3) is 1.00. The summed E-state index contributed by atoms with van der Waals surface area (Å²) >= 11 is 0. The summed E-state index contributed by atoms with van der Waals surface area (Å²) in [5, 5.41) is 3.66. The molecule has 1 saturated heterocycles. The van der Waals surface area contributed by atoms with Crippen LogP contribution in [0.5, 0.6) is 0 Å². The summed E-state index contributed by atoms with van der Waals surface area (Å²) in [6.45, 7) is 11.9. The molecule has 1 rings (SSSR count). The minimum atomic E-state index is 0.677. The molecule has 0 radical (unpaired) electrons. The van der Waals surface area contributed by atoms with Gasteiger partial charge in [-0.3, -0.25) is 0 Å². The molecule has 0 saturated carbocycles. The molecule has 2 nitrogen and oxygen atoms in total. The molecule has 0 aromatic carbocycles. The highest BCUT2D eigenvalue weighted by Crippen LogP contribution is 2.13. The summed E-state index contributed by atoms with van der Waals surface area (Å²) in [6.07, 6.45) is 6.65. The van der Waals surface area contributed by atoms with Crippen LogP contribution in [0.25, 0.3) is 0 Å². The van der Waals surface area contributed by atoms with Gasteiger partial charge in [-0.25, -0.2) is 0 Å². The largest absolute Gasteiger partial charge is 0.312 e. The molecule has 1 aliphatic heterocycles. The Balaban J connectivity index is 2.39. The number of hydrogen-bond acceptors (Lipinski definition) is 2. The van der Waals surface area contributed by atoms with Crippen LogP contribution in [-0.4, -0.2) is 36.1 Å². The zero-order valence-corrected chi connectivity index (χ0v) is 11.6. The van der Waals surface area contributed by atoms with Crippen LogP contribution in [-0.2, 0) is 0 Å². The first-order chi connectivity index (χ1) is 7.63. The van der Waals surface area contributed by atoms with Crippen LogP contribution < -0.4 is 5.32 Å². The molecular weight excluding hydrogens is 196 g/mol. The van der Waals surface area contributed by atoms with Crippen molar-refractivity contribution >= 4 is 0 Å². The Hall–Kier alpha value is -0.0800. The summed E-state index contributed by atoms with van der Waals surface area (Å²) in [5.74, 6) is 0. The molecule has 0 aromatic rings. The monoisotopic (exact) mass is 226 g/mol. The molecule has 0 spiro atoms. The van der Waals surface area contributed by atoms with E-state index in [1.165, 1.54) is 45.2 Å². The van der Waals surface area contributed by atoms with Gasteiger partial charge in [-0.2, -0.15) is 0 Å². The summed E-state index contributed by atoms with van der Waals surface area (Å²) in [6, 6.07) is 2.13. The highest BCUT2D eigenvalue weighted by atomic mass is 15.2. The predicted molar refractivity (Wildman–Crippen MR) is 71.9 cm³/mol. The van der Waals surface area contributed by atoms with E-state index in [1.54, 1.807) is 0 Å². The first-order valence-corrected chi connectivity index (χ1v) is 7.13. The van der Waals surface area contributed by atoms with Gasteiger partial charge in [0.25, 0.3) is 0 Å². The van der Waals surface area contributed by atoms with Crippen molar-refractivity contribution in [2.75, 3.05) is 13.1 Å². The maximum Gasteiger partial charge on any atom is 0.00669 e. The van der Waals surface area contributed by atoms with Gasteiger partial charge in [0.1, 0.15) is 0 Å². The van der Waals surface area contributed by atoms with Crippen LogP contribution in [0.4, 0.5) is 0 Å². The maximum atomic E-state index is 3.66. The SMILES string of the molecule is CCCCC(C)N1CCC(C)NC(C)CC1. The summed E-state index contributed by atoms with van der Waals surface area (Å²) < 4.78 is 0. The Morgan fingerprint density at radius 2 is 1.75 bits per heavy atom. The van der Waals surface area contributed by atoms with Crippen molar-refractivity contribution in [3.05, 3.63) is 0 Å². The summed E-state index contributed by atoms with van der Waals surface area (Å²) in [4.78, 5) is 2.70. The quantitative estimate of drug-likeness (QED) is 0.792. The Morgan fingerprint density at radius 1 is 1.19 bits per heavy atom. The topological polar surface area (TPSA) is 15.3 Å². The van der Waals surface area contributed by atoms with Crippen molar-refractivity contribution in [2.45, 2.75) is 77.9 Å². The third-order valence-electron chi connectivity index (χ3n) is 3.87. The van der Waals surface area contributed by atoms with Crippen LogP contribution in [0, 0.1) is 0 Å². The van der Waals surface area contributed by atoms with E-state index in [0.717, 1.165) is 6.04 Å². The van der Waals surface area contributed by atoms with E-state index in [1.807, 2.05) is 0 Å². The number of rotatable bonds is 4. The zero-order valence-electron chi connectivity index (χ0n) is 11.6. The van der Waals surface area contributed by atoms with E-state index in [2.05, 4.69) is 37.9 Å². The Kier molecular flexibility index (Phi) is 6.37. The Labute approximate surface area is 102 Å². The van der Waals surface area contributed by atoms with Crippen LogP contribution in [0.3, 0.4) is 0 Å². The van der Waals surface area contributed by atoms with E-state index in [0.29, 0.717) is 12.1 Å². The fourth-order valence-corrected chi connectivity index (χ4v) is 2.61. The zero-order chi connectivity index (χ0) is 12.0. The highest BCUT2D eigenvalue weighted by molar-refractivity contribution is 4.77. The van der Waals surface area contributed by atoms with E-state index in [-0.39, 0.29) is 0 Å². The molecule has 1 aliphatic rings. The molecule has 0 aliphatic carbocycles. The van der Waals surface area contributed by atoms with Crippen molar-refractivity contribution < 1.29 is 0 Å². The molecule has 0 aromatic heterocycles. The fourth-order valence-electron chi connectivity index (χ4n) is 2.61. The van der Waals surface area contributed by atoms with Crippen molar-refractivity contribution in [2.24, 2.45) is 0 Å². The first-order valence-electron chi connectivity index (χ1n) is 7.13. The van der Waals surface area contributed by atoms with Gasteiger partial charge in [-0.1, -0.05) is 19.8 Å². The molecular formula is C14H30N2. The van der Waals surface area contributed by atoms with E-state index < -0.39 is 0 Å². The Morgan fingerprint density at radius 3 is 2.25 bits per heavy atom. The van der Waals surface area contributed by atoms with Gasteiger partial charge in [0, 0.05) is 18.1 Å². The molecule has 16 heavy (non-hydrogen) atoms. The van der Waals surface area contributed by atoms with Gasteiger partial charge in [-0.05, 0) is 53.1 Å². The summed E-state index contributed by atoms with van der Waals surface area (Å²) in [7, 11) is 0. The lowest BCUT2D eigenvalue weighted by Crippen LogP contribution is -2.45. The van der Waals surface area contributed by atoms with E-state index in [9.17, 15) is 0 Å². The maximum absolute atomic E-state index is 3.66. The third kappa shape index (κ3) is 4.84. The van der Waals surface area contributed by atoms with Gasteiger partial charge in [0.2, 0.25) is 0 Å². The second kappa shape index (κ2) is 7.29. The molecule has 1 heterocycles. The van der Waals surface area contributed by atoms with Gasteiger partial charge in [0.05, 0.1) is 0 Å². The number of nitrogens with one attached hydrogen (secondary N) is 1. The molecule has 2 heteroatoms. The van der Waals surface area contributed by atoms with Crippen LogP contribution in [0.2, 0.25) is 0 Å². The van der Waals surface area contributed by atoms with Crippen LogP contribution >= 0.6 is 0 Å². The molecule has 0 bridgehead atoms. The molecule has 3 unspecified atom stereocenters.